The zero-order valence-corrected chi connectivity index (χ0v) is 19.0. The van der Waals surface area contributed by atoms with Crippen LogP contribution in [-0.4, -0.2) is 36.0 Å². The van der Waals surface area contributed by atoms with Crippen LogP contribution in [0.5, 0.6) is 0 Å². The lowest BCUT2D eigenvalue weighted by Crippen LogP contribution is -2.48. The quantitative estimate of drug-likeness (QED) is 0.563. The number of esters is 1. The van der Waals surface area contributed by atoms with Crippen LogP contribution in [0.2, 0.25) is 0 Å². The normalized spacial score (nSPS) is 15.8. The average Bonchev–Trinajstić information content (AvgIpc) is 2.79. The minimum absolute atomic E-state index is 0.222. The van der Waals surface area contributed by atoms with Crippen LogP contribution in [0.3, 0.4) is 0 Å². The van der Waals surface area contributed by atoms with Gasteiger partial charge in [-0.1, -0.05) is 25.5 Å². The maximum atomic E-state index is 13.1. The van der Waals surface area contributed by atoms with Gasteiger partial charge in [0.1, 0.15) is 5.82 Å². The molecule has 1 heterocycles. The fourth-order valence-electron chi connectivity index (χ4n) is 3.65. The van der Waals surface area contributed by atoms with Crippen LogP contribution < -0.4 is 10.6 Å². The number of rotatable bonds is 8. The number of carbonyl (C=O) groups excluding carboxylic acids is 3. The Bertz CT molecular complexity index is 1050. The third-order valence-electron chi connectivity index (χ3n) is 5.44. The smallest absolute Gasteiger partial charge is 0.338 e. The van der Waals surface area contributed by atoms with Crippen LogP contribution in [0, 0.1) is 5.82 Å². The van der Waals surface area contributed by atoms with Crippen LogP contribution in [-0.2, 0) is 9.53 Å². The summed E-state index contributed by atoms with van der Waals surface area (Å²) in [5, 5.41) is 5.66. The van der Waals surface area contributed by atoms with E-state index < -0.39 is 17.8 Å². The Morgan fingerprint density at radius 3 is 2.36 bits per heavy atom. The molecule has 0 spiro atoms. The topological polar surface area (TPSA) is 87.7 Å². The molecule has 1 atom stereocenters. The van der Waals surface area contributed by atoms with Gasteiger partial charge in [0, 0.05) is 23.5 Å². The van der Waals surface area contributed by atoms with E-state index in [0.717, 1.165) is 12.8 Å². The molecule has 0 aromatic heterocycles. The Balaban J connectivity index is 1.84. The summed E-state index contributed by atoms with van der Waals surface area (Å²) in [5.74, 6) is -1.27. The summed E-state index contributed by atoms with van der Waals surface area (Å²) in [7, 11) is 0. The second kappa shape index (κ2) is 10.8. The molecular formula is C25H28FN3O4. The standard InChI is InChI=1S/C25H28FN3O4/c1-4-6-15-29-16(3)21(24(31)33-5-2)22(28-25(29)32)17-9-13-20(14-10-17)27-23(30)18-7-11-19(26)12-8-18/h7-14,22H,4-6,15H2,1-3H3,(H,27,30)(H,28,32). The first kappa shape index (κ1) is 24.0. The van der Waals surface area contributed by atoms with Crippen LogP contribution in [0.4, 0.5) is 14.9 Å². The van der Waals surface area contributed by atoms with Crippen molar-refractivity contribution in [3.8, 4) is 0 Å². The minimum atomic E-state index is -0.670. The number of amides is 3. The number of unbranched alkanes of at least 4 members (excludes halogenated alkanes) is 1. The van der Waals surface area contributed by atoms with E-state index in [4.69, 9.17) is 4.74 Å². The fraction of sp³-hybridized carbons (Fsp3) is 0.320. The van der Waals surface area contributed by atoms with Crippen molar-refractivity contribution in [2.75, 3.05) is 18.5 Å². The second-order valence-corrected chi connectivity index (χ2v) is 7.69. The van der Waals surface area contributed by atoms with Crippen LogP contribution >= 0.6 is 0 Å². The van der Waals surface area contributed by atoms with E-state index in [1.807, 2.05) is 6.92 Å². The Labute approximate surface area is 192 Å². The van der Waals surface area contributed by atoms with E-state index in [-0.39, 0.29) is 18.5 Å². The predicted molar refractivity (Wildman–Crippen MR) is 123 cm³/mol. The zero-order chi connectivity index (χ0) is 24.0. The summed E-state index contributed by atoms with van der Waals surface area (Å²) in [5.41, 5.74) is 2.49. The van der Waals surface area contributed by atoms with Gasteiger partial charge in [-0.25, -0.2) is 14.0 Å². The Hall–Kier alpha value is -3.68. The molecule has 1 aliphatic heterocycles. The maximum absolute atomic E-state index is 13.1. The van der Waals surface area contributed by atoms with Crippen molar-refractivity contribution in [1.82, 2.24) is 10.2 Å². The number of nitrogens with zero attached hydrogens (tertiary/aromatic N) is 1. The lowest BCUT2D eigenvalue weighted by Gasteiger charge is -2.35. The summed E-state index contributed by atoms with van der Waals surface area (Å²) in [6.45, 7) is 6.26. The summed E-state index contributed by atoms with van der Waals surface area (Å²) in [4.78, 5) is 39.5. The number of carbonyl (C=O) groups is 3. The van der Waals surface area contributed by atoms with E-state index in [1.165, 1.54) is 24.3 Å². The van der Waals surface area contributed by atoms with Gasteiger partial charge in [0.25, 0.3) is 5.91 Å². The van der Waals surface area contributed by atoms with Crippen molar-refractivity contribution in [2.24, 2.45) is 0 Å². The maximum Gasteiger partial charge on any atom is 0.338 e. The molecular weight excluding hydrogens is 425 g/mol. The molecule has 0 fully saturated rings. The van der Waals surface area contributed by atoms with E-state index in [9.17, 15) is 18.8 Å². The second-order valence-electron chi connectivity index (χ2n) is 7.69. The molecule has 2 aromatic rings. The molecule has 3 rings (SSSR count). The molecule has 0 aliphatic carbocycles. The van der Waals surface area contributed by atoms with Crippen molar-refractivity contribution in [1.29, 1.82) is 0 Å². The van der Waals surface area contributed by atoms with Crippen LogP contribution in [0.15, 0.2) is 59.8 Å². The number of hydrogen-bond acceptors (Lipinski definition) is 4. The lowest BCUT2D eigenvalue weighted by atomic mass is 9.94. The van der Waals surface area contributed by atoms with Crippen molar-refractivity contribution < 1.29 is 23.5 Å². The highest BCUT2D eigenvalue weighted by molar-refractivity contribution is 6.04. The Morgan fingerprint density at radius 1 is 1.09 bits per heavy atom. The molecule has 1 aliphatic rings. The highest BCUT2D eigenvalue weighted by Gasteiger charge is 2.36. The monoisotopic (exact) mass is 453 g/mol. The SMILES string of the molecule is CCCCN1C(=O)NC(c2ccc(NC(=O)c3ccc(F)cc3)cc2)C(C(=O)OCC)=C1C. The van der Waals surface area contributed by atoms with Gasteiger partial charge in [0.15, 0.2) is 0 Å². The number of hydrogen-bond donors (Lipinski definition) is 2. The van der Waals surface area contributed by atoms with Gasteiger partial charge in [-0.15, -0.1) is 0 Å². The van der Waals surface area contributed by atoms with E-state index in [2.05, 4.69) is 10.6 Å². The summed E-state index contributed by atoms with van der Waals surface area (Å²) < 4.78 is 18.3. The molecule has 2 aromatic carbocycles. The highest BCUT2D eigenvalue weighted by Crippen LogP contribution is 2.32. The predicted octanol–water partition coefficient (Wildman–Crippen LogP) is 4.78. The molecule has 7 nitrogen and oxygen atoms in total. The molecule has 174 valence electrons. The van der Waals surface area contributed by atoms with Crippen molar-refractivity contribution >= 4 is 23.6 Å². The molecule has 0 saturated carbocycles. The zero-order valence-electron chi connectivity index (χ0n) is 19.0. The van der Waals surface area contributed by atoms with Gasteiger partial charge < -0.3 is 15.4 Å². The number of nitrogens with one attached hydrogen (secondary N) is 2. The summed E-state index contributed by atoms with van der Waals surface area (Å²) in [6, 6.07) is 11.1. The fourth-order valence-corrected chi connectivity index (χ4v) is 3.65. The lowest BCUT2D eigenvalue weighted by molar-refractivity contribution is -0.139. The molecule has 8 heteroatoms. The van der Waals surface area contributed by atoms with E-state index in [1.54, 1.807) is 43.0 Å². The number of benzene rings is 2. The van der Waals surface area contributed by atoms with E-state index in [0.29, 0.717) is 34.6 Å². The van der Waals surface area contributed by atoms with Gasteiger partial charge in [0.05, 0.1) is 18.2 Å². The Morgan fingerprint density at radius 2 is 1.76 bits per heavy atom. The number of ether oxygens (including phenoxy) is 1. The Kier molecular flexibility index (Phi) is 7.82. The molecule has 2 N–H and O–H groups in total. The van der Waals surface area contributed by atoms with Gasteiger partial charge in [-0.2, -0.15) is 0 Å². The first-order valence-electron chi connectivity index (χ1n) is 11.0. The van der Waals surface area contributed by atoms with E-state index >= 15 is 0 Å². The summed E-state index contributed by atoms with van der Waals surface area (Å²) >= 11 is 0. The number of anilines is 1. The van der Waals surface area contributed by atoms with Gasteiger partial charge in [-0.05, 0) is 62.2 Å². The number of allylic oxidation sites excluding steroid dienone is 1. The first-order valence-corrected chi connectivity index (χ1v) is 11.0. The summed E-state index contributed by atoms with van der Waals surface area (Å²) in [6.07, 6.45) is 1.73. The van der Waals surface area contributed by atoms with Crippen LogP contribution in [0.25, 0.3) is 0 Å². The molecule has 3 amide bonds. The molecule has 0 saturated heterocycles. The average molecular weight is 454 g/mol. The molecule has 33 heavy (non-hydrogen) atoms. The number of halogens is 1. The van der Waals surface area contributed by atoms with Crippen molar-refractivity contribution in [2.45, 2.75) is 39.7 Å². The van der Waals surface area contributed by atoms with Gasteiger partial charge >= 0.3 is 12.0 Å². The van der Waals surface area contributed by atoms with Gasteiger partial charge in [0.2, 0.25) is 0 Å². The highest BCUT2D eigenvalue weighted by atomic mass is 19.1. The number of urea groups is 1. The first-order chi connectivity index (χ1) is 15.8. The minimum Gasteiger partial charge on any atom is -0.463 e. The van der Waals surface area contributed by atoms with Gasteiger partial charge in [-0.3, -0.25) is 9.69 Å². The molecule has 0 bridgehead atoms. The molecule has 0 radical (unpaired) electrons. The van der Waals surface area contributed by atoms with Crippen LogP contribution in [0.1, 0.15) is 55.6 Å². The van der Waals surface area contributed by atoms with Crippen molar-refractivity contribution in [3.63, 3.8) is 0 Å². The third kappa shape index (κ3) is 5.58. The largest absolute Gasteiger partial charge is 0.463 e. The van der Waals surface area contributed by atoms with Crippen molar-refractivity contribution in [3.05, 3.63) is 76.7 Å². The molecule has 1 unspecified atom stereocenters. The third-order valence-corrected chi connectivity index (χ3v) is 5.44.